The molecule has 6 nitrogen and oxygen atoms in total. The Morgan fingerprint density at radius 3 is 2.16 bits per heavy atom. The van der Waals surface area contributed by atoms with E-state index >= 15 is 0 Å². The summed E-state index contributed by atoms with van der Waals surface area (Å²) in [7, 11) is 0. The van der Waals surface area contributed by atoms with Gasteiger partial charge in [0, 0.05) is 24.9 Å². The van der Waals surface area contributed by atoms with Crippen molar-refractivity contribution in [1.82, 2.24) is 10.2 Å². The lowest BCUT2D eigenvalue weighted by atomic mass is 9.95. The van der Waals surface area contributed by atoms with E-state index in [2.05, 4.69) is 5.32 Å². The monoisotopic (exact) mass is 268 g/mol. The maximum absolute atomic E-state index is 11.9. The fraction of sp³-hybridized carbons (Fsp3) is 0.769. The van der Waals surface area contributed by atoms with Crippen LogP contribution in [-0.4, -0.2) is 46.9 Å². The third-order valence-electron chi connectivity index (χ3n) is 3.83. The molecule has 2 N–H and O–H groups in total. The molecule has 6 heteroatoms. The summed E-state index contributed by atoms with van der Waals surface area (Å²) in [6.45, 7) is 2.66. The van der Waals surface area contributed by atoms with Gasteiger partial charge in [-0.3, -0.25) is 14.4 Å². The largest absolute Gasteiger partial charge is 0.480 e. The molecule has 2 aliphatic rings. The van der Waals surface area contributed by atoms with Crippen molar-refractivity contribution in [3.63, 3.8) is 0 Å². The van der Waals surface area contributed by atoms with Gasteiger partial charge in [-0.1, -0.05) is 0 Å². The molecule has 2 amide bonds. The second-order valence-electron chi connectivity index (χ2n) is 5.44. The first-order valence-corrected chi connectivity index (χ1v) is 6.81. The minimum atomic E-state index is -1.03. The summed E-state index contributed by atoms with van der Waals surface area (Å²) in [4.78, 5) is 36.2. The van der Waals surface area contributed by atoms with Gasteiger partial charge in [0.05, 0.1) is 0 Å². The number of aliphatic carboxylic acids is 1. The highest BCUT2D eigenvalue weighted by molar-refractivity contribution is 5.85. The van der Waals surface area contributed by atoms with E-state index in [9.17, 15) is 14.4 Å². The van der Waals surface area contributed by atoms with Crippen molar-refractivity contribution < 1.29 is 19.5 Å². The zero-order valence-corrected chi connectivity index (χ0v) is 11.1. The molecule has 0 aromatic heterocycles. The van der Waals surface area contributed by atoms with Crippen LogP contribution in [0.3, 0.4) is 0 Å². The van der Waals surface area contributed by atoms with Crippen molar-refractivity contribution in [2.45, 2.75) is 38.6 Å². The van der Waals surface area contributed by atoms with E-state index < -0.39 is 12.0 Å². The summed E-state index contributed by atoms with van der Waals surface area (Å²) in [6, 6.07) is -0.862. The predicted octanol–water partition coefficient (Wildman–Crippen LogP) is 0.224. The number of carbonyl (C=O) groups excluding carboxylic acids is 2. The average Bonchev–Trinajstić information content (AvgIpc) is 3.22. The summed E-state index contributed by atoms with van der Waals surface area (Å²) in [6.07, 6.45) is 3.23. The molecule has 0 spiro atoms. The molecule has 2 fully saturated rings. The van der Waals surface area contributed by atoms with E-state index in [1.54, 1.807) is 0 Å². The van der Waals surface area contributed by atoms with Gasteiger partial charge in [-0.05, 0) is 32.6 Å². The first kappa shape index (κ1) is 13.8. The van der Waals surface area contributed by atoms with Crippen LogP contribution in [0.25, 0.3) is 0 Å². The molecule has 1 saturated carbocycles. The highest BCUT2D eigenvalue weighted by atomic mass is 16.4. The van der Waals surface area contributed by atoms with Gasteiger partial charge in [-0.15, -0.1) is 0 Å². The maximum Gasteiger partial charge on any atom is 0.325 e. The van der Waals surface area contributed by atoms with Gasteiger partial charge in [0.2, 0.25) is 11.8 Å². The summed E-state index contributed by atoms with van der Waals surface area (Å²) >= 11 is 0. The van der Waals surface area contributed by atoms with E-state index in [0.29, 0.717) is 25.9 Å². The Morgan fingerprint density at radius 2 is 1.68 bits per heavy atom. The van der Waals surface area contributed by atoms with Crippen molar-refractivity contribution in [3.8, 4) is 0 Å². The number of rotatable bonds is 4. The zero-order valence-electron chi connectivity index (χ0n) is 11.1. The smallest absolute Gasteiger partial charge is 0.325 e. The van der Waals surface area contributed by atoms with Gasteiger partial charge < -0.3 is 15.3 Å². The molecule has 0 radical (unpaired) electrons. The van der Waals surface area contributed by atoms with Gasteiger partial charge in [-0.2, -0.15) is 0 Å². The van der Waals surface area contributed by atoms with E-state index in [1.807, 2.05) is 4.90 Å². The van der Waals surface area contributed by atoms with Gasteiger partial charge in [0.15, 0.2) is 0 Å². The van der Waals surface area contributed by atoms with Gasteiger partial charge in [0.25, 0.3) is 0 Å². The van der Waals surface area contributed by atoms with E-state index in [4.69, 9.17) is 5.11 Å². The Morgan fingerprint density at radius 1 is 1.11 bits per heavy atom. The molecule has 19 heavy (non-hydrogen) atoms. The normalized spacial score (nSPS) is 21.8. The molecule has 0 aromatic rings. The highest BCUT2D eigenvalue weighted by Gasteiger charge is 2.36. The number of carboxylic acids is 1. The summed E-state index contributed by atoms with van der Waals surface area (Å²) in [5.74, 6) is -0.983. The van der Waals surface area contributed by atoms with Crippen molar-refractivity contribution in [2.24, 2.45) is 11.8 Å². The minimum Gasteiger partial charge on any atom is -0.480 e. The Kier molecular flexibility index (Phi) is 4.07. The molecule has 1 atom stereocenters. The molecule has 1 aliphatic heterocycles. The third kappa shape index (κ3) is 3.45. The summed E-state index contributed by atoms with van der Waals surface area (Å²) in [5.41, 5.74) is 0. The molecule has 1 aliphatic carbocycles. The van der Waals surface area contributed by atoms with Crippen molar-refractivity contribution in [1.29, 1.82) is 0 Å². The lowest BCUT2D eigenvalue weighted by Gasteiger charge is -2.31. The van der Waals surface area contributed by atoms with Crippen molar-refractivity contribution >= 4 is 17.8 Å². The average molecular weight is 268 g/mol. The number of carbonyl (C=O) groups is 3. The topological polar surface area (TPSA) is 86.7 Å². The van der Waals surface area contributed by atoms with Gasteiger partial charge >= 0.3 is 5.97 Å². The molecule has 2 rings (SSSR count). The number of amides is 2. The second-order valence-corrected chi connectivity index (χ2v) is 5.44. The van der Waals surface area contributed by atoms with E-state index in [1.165, 1.54) is 6.92 Å². The number of nitrogens with one attached hydrogen (secondary N) is 1. The third-order valence-corrected chi connectivity index (χ3v) is 3.83. The number of nitrogens with zero attached hydrogens (tertiary/aromatic N) is 1. The molecule has 0 aromatic carbocycles. The van der Waals surface area contributed by atoms with Crippen LogP contribution in [0.4, 0.5) is 0 Å². The Hall–Kier alpha value is -1.59. The van der Waals surface area contributed by atoms with Crippen LogP contribution in [0.1, 0.15) is 32.6 Å². The molecule has 1 unspecified atom stereocenters. The maximum atomic E-state index is 11.9. The van der Waals surface area contributed by atoms with E-state index in [-0.39, 0.29) is 23.7 Å². The second kappa shape index (κ2) is 5.59. The Labute approximate surface area is 112 Å². The fourth-order valence-electron chi connectivity index (χ4n) is 2.34. The van der Waals surface area contributed by atoms with Crippen LogP contribution in [0, 0.1) is 11.8 Å². The highest BCUT2D eigenvalue weighted by Crippen LogP contribution is 2.32. The van der Waals surface area contributed by atoms with Crippen LogP contribution in [-0.2, 0) is 14.4 Å². The van der Waals surface area contributed by atoms with Crippen LogP contribution < -0.4 is 5.32 Å². The number of piperidine rings is 1. The summed E-state index contributed by atoms with van der Waals surface area (Å²) in [5, 5.41) is 11.2. The molecular weight excluding hydrogens is 248 g/mol. The molecular formula is C13H20N2O4. The number of carboxylic acid groups (broad SMARTS) is 1. The van der Waals surface area contributed by atoms with Crippen LogP contribution in [0.5, 0.6) is 0 Å². The predicted molar refractivity (Wildman–Crippen MR) is 67.3 cm³/mol. The molecule has 1 saturated heterocycles. The fourth-order valence-corrected chi connectivity index (χ4v) is 2.34. The lowest BCUT2D eigenvalue weighted by molar-refractivity contribution is -0.142. The van der Waals surface area contributed by atoms with Gasteiger partial charge in [0.1, 0.15) is 6.04 Å². The standard InChI is InChI=1S/C13H20N2O4/c1-8(13(18)19)14-11(16)9-4-6-15(7-5-9)12(17)10-2-3-10/h8-10H,2-7H2,1H3,(H,14,16)(H,18,19). The van der Waals surface area contributed by atoms with Crippen molar-refractivity contribution in [3.05, 3.63) is 0 Å². The van der Waals surface area contributed by atoms with E-state index in [0.717, 1.165) is 12.8 Å². The molecule has 1 heterocycles. The number of hydrogen-bond donors (Lipinski definition) is 2. The zero-order chi connectivity index (χ0) is 14.0. The molecule has 106 valence electrons. The lowest BCUT2D eigenvalue weighted by Crippen LogP contribution is -2.46. The quantitative estimate of drug-likeness (QED) is 0.764. The van der Waals surface area contributed by atoms with Crippen molar-refractivity contribution in [2.75, 3.05) is 13.1 Å². The summed E-state index contributed by atoms with van der Waals surface area (Å²) < 4.78 is 0. The number of likely N-dealkylation sites (tertiary alicyclic amines) is 1. The minimum absolute atomic E-state index is 0.176. The van der Waals surface area contributed by atoms with Crippen LogP contribution in [0.15, 0.2) is 0 Å². The number of hydrogen-bond acceptors (Lipinski definition) is 3. The van der Waals surface area contributed by atoms with Crippen LogP contribution >= 0.6 is 0 Å². The Balaban J connectivity index is 1.77. The first-order valence-electron chi connectivity index (χ1n) is 6.81. The van der Waals surface area contributed by atoms with Gasteiger partial charge in [-0.25, -0.2) is 0 Å². The first-order chi connectivity index (χ1) is 8.99. The van der Waals surface area contributed by atoms with Crippen LogP contribution in [0.2, 0.25) is 0 Å². The Bertz CT molecular complexity index is 384. The molecule has 0 bridgehead atoms. The SMILES string of the molecule is CC(NC(=O)C1CCN(C(=O)C2CC2)CC1)C(=O)O.